The standard InChI is InChI=1S/C27H49NO3/c1-7-8-12-27(6,30)13-9-10-24-25-18-22(17-23(25)19-26(24)29)11-15-31-16-14-28(20(2)3)21(4)5/h9-10,17,20-21,23-26,29-30H,7-8,11-16,18-19H2,1-6H3/b10-9+/t23-,24+,25-,26+,27-/m0/s1. The third-order valence-electron chi connectivity index (χ3n) is 7.32. The van der Waals surface area contributed by atoms with E-state index >= 15 is 0 Å². The molecule has 0 bridgehead atoms. The lowest BCUT2D eigenvalue weighted by Gasteiger charge is -2.30. The molecule has 0 spiro atoms. The van der Waals surface area contributed by atoms with E-state index in [1.54, 1.807) is 0 Å². The first kappa shape index (κ1) is 26.6. The maximum atomic E-state index is 10.6. The van der Waals surface area contributed by atoms with Crippen LogP contribution in [0.4, 0.5) is 0 Å². The highest BCUT2D eigenvalue weighted by atomic mass is 16.5. The Kier molecular flexibility index (Phi) is 10.7. The summed E-state index contributed by atoms with van der Waals surface area (Å²) in [5, 5.41) is 21.1. The minimum atomic E-state index is -0.632. The molecule has 0 unspecified atom stereocenters. The maximum absolute atomic E-state index is 10.6. The SMILES string of the molecule is CCCC[C@](C)(O)C/C=C/[C@@H]1[C@H]2CC(CCOCCN(C(C)C)C(C)C)=C[C@H]2C[C@H]1O. The van der Waals surface area contributed by atoms with Crippen molar-refractivity contribution in [1.29, 1.82) is 0 Å². The second-order valence-electron chi connectivity index (χ2n) is 10.8. The van der Waals surface area contributed by atoms with Crippen molar-refractivity contribution in [3.05, 3.63) is 23.8 Å². The summed E-state index contributed by atoms with van der Waals surface area (Å²) in [5.41, 5.74) is 0.868. The van der Waals surface area contributed by atoms with Gasteiger partial charge >= 0.3 is 0 Å². The Morgan fingerprint density at radius 2 is 1.94 bits per heavy atom. The molecule has 4 nitrogen and oxygen atoms in total. The van der Waals surface area contributed by atoms with Crippen molar-refractivity contribution < 1.29 is 14.9 Å². The van der Waals surface area contributed by atoms with Gasteiger partial charge in [-0.3, -0.25) is 4.90 Å². The van der Waals surface area contributed by atoms with Gasteiger partial charge in [0.1, 0.15) is 0 Å². The van der Waals surface area contributed by atoms with Crippen molar-refractivity contribution in [1.82, 2.24) is 4.90 Å². The zero-order valence-corrected chi connectivity index (χ0v) is 21.0. The molecule has 1 fully saturated rings. The minimum absolute atomic E-state index is 0.215. The van der Waals surface area contributed by atoms with Gasteiger partial charge in [0.05, 0.1) is 24.9 Å². The largest absolute Gasteiger partial charge is 0.392 e. The van der Waals surface area contributed by atoms with E-state index in [4.69, 9.17) is 4.74 Å². The molecule has 0 aromatic heterocycles. The molecule has 4 heteroatoms. The summed E-state index contributed by atoms with van der Waals surface area (Å²) >= 11 is 0. The van der Waals surface area contributed by atoms with Gasteiger partial charge in [-0.15, -0.1) is 0 Å². The zero-order valence-electron chi connectivity index (χ0n) is 21.0. The van der Waals surface area contributed by atoms with Gasteiger partial charge in [-0.05, 0) is 78.6 Å². The Hall–Kier alpha value is -0.680. The Labute approximate surface area is 191 Å². The van der Waals surface area contributed by atoms with Crippen LogP contribution in [0.2, 0.25) is 0 Å². The number of fused-ring (bicyclic) bond motifs is 1. The molecule has 5 atom stereocenters. The highest BCUT2D eigenvalue weighted by Gasteiger charge is 2.43. The summed E-state index contributed by atoms with van der Waals surface area (Å²) in [7, 11) is 0. The lowest BCUT2D eigenvalue weighted by Crippen LogP contribution is -2.39. The summed E-state index contributed by atoms with van der Waals surface area (Å²) in [6, 6.07) is 1.10. The molecule has 2 aliphatic carbocycles. The van der Waals surface area contributed by atoms with Crippen LogP contribution in [0, 0.1) is 17.8 Å². The van der Waals surface area contributed by atoms with Crippen LogP contribution >= 0.6 is 0 Å². The van der Waals surface area contributed by atoms with Gasteiger partial charge in [0.25, 0.3) is 0 Å². The number of aliphatic hydroxyl groups excluding tert-OH is 1. The summed E-state index contributed by atoms with van der Waals surface area (Å²) in [4.78, 5) is 2.47. The van der Waals surface area contributed by atoms with Crippen molar-refractivity contribution in [3.63, 3.8) is 0 Å². The number of rotatable bonds is 14. The molecule has 0 radical (unpaired) electrons. The van der Waals surface area contributed by atoms with Crippen molar-refractivity contribution in [2.24, 2.45) is 17.8 Å². The molecular formula is C27H49NO3. The molecule has 31 heavy (non-hydrogen) atoms. The second kappa shape index (κ2) is 12.5. The van der Waals surface area contributed by atoms with Gasteiger partial charge in [-0.1, -0.05) is 43.6 Å². The number of hydrogen-bond acceptors (Lipinski definition) is 4. The van der Waals surface area contributed by atoms with Crippen molar-refractivity contribution in [2.45, 2.75) is 110 Å². The molecule has 0 aromatic carbocycles. The Morgan fingerprint density at radius 1 is 1.23 bits per heavy atom. The topological polar surface area (TPSA) is 52.9 Å². The lowest BCUT2D eigenvalue weighted by molar-refractivity contribution is 0.0513. The number of ether oxygens (including phenoxy) is 1. The van der Waals surface area contributed by atoms with Gasteiger partial charge in [0.15, 0.2) is 0 Å². The van der Waals surface area contributed by atoms with E-state index in [-0.39, 0.29) is 12.0 Å². The van der Waals surface area contributed by atoms with E-state index in [1.165, 1.54) is 5.57 Å². The first-order valence-electron chi connectivity index (χ1n) is 12.7. The average molecular weight is 436 g/mol. The van der Waals surface area contributed by atoms with Gasteiger partial charge in [0, 0.05) is 24.5 Å². The normalized spacial score (nSPS) is 28.2. The molecule has 180 valence electrons. The van der Waals surface area contributed by atoms with Crippen molar-refractivity contribution in [3.8, 4) is 0 Å². The fourth-order valence-corrected chi connectivity index (χ4v) is 5.52. The van der Waals surface area contributed by atoms with Gasteiger partial charge in [-0.25, -0.2) is 0 Å². The van der Waals surface area contributed by atoms with Gasteiger partial charge in [0.2, 0.25) is 0 Å². The van der Waals surface area contributed by atoms with E-state index < -0.39 is 5.60 Å². The van der Waals surface area contributed by atoms with E-state index in [2.05, 4.69) is 57.7 Å². The summed E-state index contributed by atoms with van der Waals surface area (Å²) in [5.74, 6) is 1.23. The third kappa shape index (κ3) is 8.31. The Morgan fingerprint density at radius 3 is 2.58 bits per heavy atom. The molecule has 0 aromatic rings. The highest BCUT2D eigenvalue weighted by molar-refractivity contribution is 5.20. The average Bonchev–Trinajstić information content (AvgIpc) is 3.19. The van der Waals surface area contributed by atoms with E-state index in [1.807, 2.05) is 6.92 Å². The Balaban J connectivity index is 1.74. The quantitative estimate of drug-likeness (QED) is 0.285. The molecule has 0 heterocycles. The van der Waals surface area contributed by atoms with E-state index in [0.717, 1.165) is 58.3 Å². The number of hydrogen-bond donors (Lipinski definition) is 2. The van der Waals surface area contributed by atoms with Gasteiger partial charge in [-0.2, -0.15) is 0 Å². The predicted octanol–water partition coefficient (Wildman–Crippen LogP) is 5.34. The highest BCUT2D eigenvalue weighted by Crippen LogP contribution is 2.48. The number of unbranched alkanes of at least 4 members (excludes halogenated alkanes) is 1. The summed E-state index contributed by atoms with van der Waals surface area (Å²) < 4.78 is 5.96. The fourth-order valence-electron chi connectivity index (χ4n) is 5.52. The maximum Gasteiger partial charge on any atom is 0.0654 e. The minimum Gasteiger partial charge on any atom is -0.392 e. The fraction of sp³-hybridized carbons (Fsp3) is 0.852. The number of nitrogens with zero attached hydrogens (tertiary/aromatic N) is 1. The number of aliphatic hydroxyl groups is 2. The second-order valence-corrected chi connectivity index (χ2v) is 10.8. The Bertz CT molecular complexity index is 573. The van der Waals surface area contributed by atoms with E-state index in [0.29, 0.717) is 30.3 Å². The summed E-state index contributed by atoms with van der Waals surface area (Å²) in [6.07, 6.45) is 13.1. The van der Waals surface area contributed by atoms with Gasteiger partial charge < -0.3 is 14.9 Å². The first-order valence-corrected chi connectivity index (χ1v) is 12.7. The van der Waals surface area contributed by atoms with Crippen molar-refractivity contribution in [2.75, 3.05) is 19.8 Å². The van der Waals surface area contributed by atoms with Crippen LogP contribution < -0.4 is 0 Å². The zero-order chi connectivity index (χ0) is 23.0. The molecule has 2 aliphatic rings. The molecule has 0 aliphatic heterocycles. The molecule has 2 N–H and O–H groups in total. The van der Waals surface area contributed by atoms with E-state index in [9.17, 15) is 10.2 Å². The first-order chi connectivity index (χ1) is 14.6. The predicted molar refractivity (Wildman–Crippen MR) is 130 cm³/mol. The van der Waals surface area contributed by atoms with Crippen LogP contribution in [0.15, 0.2) is 23.8 Å². The third-order valence-corrected chi connectivity index (χ3v) is 7.32. The van der Waals surface area contributed by atoms with Crippen LogP contribution in [0.5, 0.6) is 0 Å². The van der Waals surface area contributed by atoms with Crippen LogP contribution in [0.1, 0.15) is 86.5 Å². The van der Waals surface area contributed by atoms with Crippen LogP contribution in [-0.4, -0.2) is 58.7 Å². The monoisotopic (exact) mass is 435 g/mol. The number of allylic oxidation sites excluding steroid dienone is 1. The van der Waals surface area contributed by atoms with Crippen LogP contribution in [0.3, 0.4) is 0 Å². The molecule has 1 saturated carbocycles. The molecule has 0 saturated heterocycles. The molecule has 2 rings (SSSR count). The van der Waals surface area contributed by atoms with Crippen molar-refractivity contribution >= 4 is 0 Å². The molecular weight excluding hydrogens is 386 g/mol. The lowest BCUT2D eigenvalue weighted by atomic mass is 9.88. The smallest absolute Gasteiger partial charge is 0.0654 e. The molecule has 0 amide bonds. The van der Waals surface area contributed by atoms with Crippen LogP contribution in [0.25, 0.3) is 0 Å². The summed E-state index contributed by atoms with van der Waals surface area (Å²) in [6.45, 7) is 15.6. The van der Waals surface area contributed by atoms with Crippen LogP contribution in [-0.2, 0) is 4.74 Å².